The van der Waals surface area contributed by atoms with E-state index in [-0.39, 0.29) is 5.41 Å². The number of benzene rings is 3. The fraction of sp³-hybridized carbons (Fsp3) is 0.296. The Labute approximate surface area is 183 Å². The standard InChI is InChI=1S/C27H28N2O2/c1-27(20-11-7-4-8-12-20)14-16-29-15-13-22(19-9-5-3-6-10-19)23-17-21(28-26(30)31-2)18-24(27)25(23)29/h3-12,17-18,22H,13-16H2,1-2H3,(H,28,30)/t22-,27-/m0/s1. The van der Waals surface area contributed by atoms with Gasteiger partial charge in [0.25, 0.3) is 0 Å². The van der Waals surface area contributed by atoms with Crippen LogP contribution >= 0.6 is 0 Å². The van der Waals surface area contributed by atoms with Crippen LogP contribution < -0.4 is 10.2 Å². The quantitative estimate of drug-likeness (QED) is 0.581. The van der Waals surface area contributed by atoms with Gasteiger partial charge >= 0.3 is 6.09 Å². The van der Waals surface area contributed by atoms with Gasteiger partial charge in [0.1, 0.15) is 0 Å². The fourth-order valence-corrected chi connectivity index (χ4v) is 5.34. The van der Waals surface area contributed by atoms with Crippen molar-refractivity contribution in [2.75, 3.05) is 30.4 Å². The normalized spacial score (nSPS) is 21.9. The second-order valence-electron chi connectivity index (χ2n) is 8.77. The number of ether oxygens (including phenoxy) is 1. The first kappa shape index (κ1) is 19.7. The number of nitrogens with one attached hydrogen (secondary N) is 1. The zero-order valence-corrected chi connectivity index (χ0v) is 18.1. The number of anilines is 2. The summed E-state index contributed by atoms with van der Waals surface area (Å²) >= 11 is 0. The van der Waals surface area contributed by atoms with Crippen molar-refractivity contribution in [3.05, 3.63) is 95.1 Å². The minimum Gasteiger partial charge on any atom is -0.453 e. The van der Waals surface area contributed by atoms with Crippen molar-refractivity contribution in [2.45, 2.75) is 31.1 Å². The number of rotatable bonds is 3. The number of nitrogens with zero attached hydrogens (tertiary/aromatic N) is 1. The second-order valence-corrected chi connectivity index (χ2v) is 8.77. The smallest absolute Gasteiger partial charge is 0.411 e. The van der Waals surface area contributed by atoms with Gasteiger partial charge in [0.2, 0.25) is 0 Å². The van der Waals surface area contributed by atoms with Gasteiger partial charge in [-0.2, -0.15) is 0 Å². The lowest BCUT2D eigenvalue weighted by atomic mass is 9.68. The molecule has 5 rings (SSSR count). The molecule has 2 atom stereocenters. The van der Waals surface area contributed by atoms with Crippen LogP contribution in [0.3, 0.4) is 0 Å². The van der Waals surface area contributed by atoms with Crippen molar-refractivity contribution >= 4 is 17.5 Å². The topological polar surface area (TPSA) is 41.6 Å². The van der Waals surface area contributed by atoms with Crippen LogP contribution in [0.15, 0.2) is 72.8 Å². The van der Waals surface area contributed by atoms with Crippen molar-refractivity contribution in [1.82, 2.24) is 0 Å². The highest BCUT2D eigenvalue weighted by Gasteiger charge is 2.41. The van der Waals surface area contributed by atoms with E-state index in [4.69, 9.17) is 4.74 Å². The first-order chi connectivity index (χ1) is 15.1. The zero-order valence-electron chi connectivity index (χ0n) is 18.1. The van der Waals surface area contributed by atoms with E-state index in [1.807, 2.05) is 0 Å². The SMILES string of the molecule is COC(=O)Nc1cc2c3c(c1)[C@](C)(c1ccccc1)CCN3CC[C@H]2c1ccccc1. The van der Waals surface area contributed by atoms with Crippen LogP contribution in [0.1, 0.15) is 47.9 Å². The van der Waals surface area contributed by atoms with Gasteiger partial charge in [0, 0.05) is 35.8 Å². The van der Waals surface area contributed by atoms with E-state index < -0.39 is 6.09 Å². The number of carbonyl (C=O) groups is 1. The summed E-state index contributed by atoms with van der Waals surface area (Å²) in [6, 6.07) is 25.8. The molecule has 158 valence electrons. The number of hydrogen-bond donors (Lipinski definition) is 1. The molecule has 2 heterocycles. The molecule has 31 heavy (non-hydrogen) atoms. The lowest BCUT2D eigenvalue weighted by Crippen LogP contribution is -2.43. The summed E-state index contributed by atoms with van der Waals surface area (Å²) in [5.74, 6) is 0.309. The molecule has 1 N–H and O–H groups in total. The summed E-state index contributed by atoms with van der Waals surface area (Å²) in [7, 11) is 1.40. The van der Waals surface area contributed by atoms with Crippen molar-refractivity contribution in [2.24, 2.45) is 0 Å². The lowest BCUT2D eigenvalue weighted by Gasteiger charge is -2.47. The monoisotopic (exact) mass is 412 g/mol. The molecular formula is C27H28N2O2. The predicted molar refractivity (Wildman–Crippen MR) is 125 cm³/mol. The highest BCUT2D eigenvalue weighted by atomic mass is 16.5. The van der Waals surface area contributed by atoms with Crippen LogP contribution in [0, 0.1) is 0 Å². The maximum atomic E-state index is 12.1. The molecule has 4 heteroatoms. The Morgan fingerprint density at radius 1 is 1.03 bits per heavy atom. The molecule has 0 saturated heterocycles. The average molecular weight is 413 g/mol. The van der Waals surface area contributed by atoms with Crippen LogP contribution in [0.4, 0.5) is 16.2 Å². The summed E-state index contributed by atoms with van der Waals surface area (Å²) < 4.78 is 4.89. The summed E-state index contributed by atoms with van der Waals surface area (Å²) in [6.07, 6.45) is 1.68. The molecule has 0 fully saturated rings. The van der Waals surface area contributed by atoms with E-state index in [1.54, 1.807) is 0 Å². The van der Waals surface area contributed by atoms with Gasteiger partial charge in [-0.15, -0.1) is 0 Å². The highest BCUT2D eigenvalue weighted by Crippen LogP contribution is 2.52. The minimum atomic E-state index is -0.437. The van der Waals surface area contributed by atoms with Crippen LogP contribution in [0.5, 0.6) is 0 Å². The van der Waals surface area contributed by atoms with E-state index in [1.165, 1.54) is 35.1 Å². The van der Waals surface area contributed by atoms with Crippen LogP contribution in [-0.2, 0) is 10.2 Å². The summed E-state index contributed by atoms with van der Waals surface area (Å²) in [5, 5.41) is 2.94. The van der Waals surface area contributed by atoms with E-state index >= 15 is 0 Å². The summed E-state index contributed by atoms with van der Waals surface area (Å²) in [4.78, 5) is 14.6. The third-order valence-electron chi connectivity index (χ3n) is 7.04. The van der Waals surface area contributed by atoms with Crippen LogP contribution in [0.25, 0.3) is 0 Å². The first-order valence-electron chi connectivity index (χ1n) is 11.0. The number of amides is 1. The molecule has 2 aliphatic rings. The molecule has 0 saturated carbocycles. The predicted octanol–water partition coefficient (Wildman–Crippen LogP) is 5.92. The van der Waals surface area contributed by atoms with Crippen molar-refractivity contribution in [3.63, 3.8) is 0 Å². The lowest BCUT2D eigenvalue weighted by molar-refractivity contribution is 0.187. The van der Waals surface area contributed by atoms with E-state index in [0.717, 1.165) is 31.6 Å². The van der Waals surface area contributed by atoms with Gasteiger partial charge in [-0.1, -0.05) is 67.6 Å². The van der Waals surface area contributed by atoms with E-state index in [9.17, 15) is 4.79 Å². The Kier molecular flexibility index (Phi) is 4.93. The molecule has 4 nitrogen and oxygen atoms in total. The van der Waals surface area contributed by atoms with Crippen molar-refractivity contribution in [1.29, 1.82) is 0 Å². The van der Waals surface area contributed by atoms with Crippen LogP contribution in [-0.4, -0.2) is 26.3 Å². The van der Waals surface area contributed by atoms with Gasteiger partial charge in [0.05, 0.1) is 7.11 Å². The molecule has 0 bridgehead atoms. The summed E-state index contributed by atoms with van der Waals surface area (Å²) in [5.41, 5.74) is 7.24. The zero-order chi connectivity index (χ0) is 21.4. The van der Waals surface area contributed by atoms with Gasteiger partial charge in [-0.05, 0) is 47.2 Å². The second kappa shape index (κ2) is 7.77. The molecule has 1 amide bonds. The van der Waals surface area contributed by atoms with Crippen molar-refractivity contribution in [3.8, 4) is 0 Å². The molecule has 0 radical (unpaired) electrons. The maximum absolute atomic E-state index is 12.1. The molecule has 3 aromatic rings. The average Bonchev–Trinajstić information content (AvgIpc) is 2.82. The van der Waals surface area contributed by atoms with Gasteiger partial charge < -0.3 is 9.64 Å². The molecule has 3 aromatic carbocycles. The number of methoxy groups -OCH3 is 1. The number of hydrogen-bond acceptors (Lipinski definition) is 3. The molecule has 0 aromatic heterocycles. The molecule has 2 aliphatic heterocycles. The Bertz CT molecular complexity index is 1100. The van der Waals surface area contributed by atoms with Gasteiger partial charge in [-0.25, -0.2) is 4.79 Å². The largest absolute Gasteiger partial charge is 0.453 e. The van der Waals surface area contributed by atoms with Gasteiger partial charge in [0.15, 0.2) is 0 Å². The summed E-state index contributed by atoms with van der Waals surface area (Å²) in [6.45, 7) is 4.42. The third kappa shape index (κ3) is 3.36. The Hall–Kier alpha value is -3.27. The van der Waals surface area contributed by atoms with Crippen molar-refractivity contribution < 1.29 is 9.53 Å². The first-order valence-corrected chi connectivity index (χ1v) is 11.0. The molecule has 0 aliphatic carbocycles. The molecular weight excluding hydrogens is 384 g/mol. The van der Waals surface area contributed by atoms with Crippen LogP contribution in [0.2, 0.25) is 0 Å². The highest BCUT2D eigenvalue weighted by molar-refractivity contribution is 5.86. The Morgan fingerprint density at radius 3 is 2.45 bits per heavy atom. The Morgan fingerprint density at radius 2 is 1.74 bits per heavy atom. The minimum absolute atomic E-state index is 0.117. The molecule has 0 unspecified atom stereocenters. The Balaban J connectivity index is 1.72. The molecule has 0 spiro atoms. The van der Waals surface area contributed by atoms with Gasteiger partial charge in [-0.3, -0.25) is 5.32 Å². The van der Waals surface area contributed by atoms with E-state index in [2.05, 4.69) is 89.9 Å². The fourth-order valence-electron chi connectivity index (χ4n) is 5.34. The third-order valence-corrected chi connectivity index (χ3v) is 7.04. The number of carbonyl (C=O) groups excluding carboxylic acids is 1. The van der Waals surface area contributed by atoms with E-state index in [0.29, 0.717) is 5.92 Å². The maximum Gasteiger partial charge on any atom is 0.411 e.